The molecule has 0 aliphatic carbocycles. The largest absolute Gasteiger partial charge is 0.485 e. The molecule has 6 heteroatoms. The van der Waals surface area contributed by atoms with Crippen molar-refractivity contribution in [3.05, 3.63) is 70.4 Å². The first-order valence-electron chi connectivity index (χ1n) is 7.01. The first kappa shape index (κ1) is 14.6. The van der Waals surface area contributed by atoms with Gasteiger partial charge in [-0.15, -0.1) is 0 Å². The SMILES string of the molecule is Cn1c(COc2ccc(C#N)cc2-c2ccccc2)n[nH]c1=O. The van der Waals surface area contributed by atoms with E-state index in [1.165, 1.54) is 4.57 Å². The Balaban J connectivity index is 1.94. The lowest BCUT2D eigenvalue weighted by atomic mass is 10.0. The molecule has 0 bridgehead atoms. The zero-order valence-corrected chi connectivity index (χ0v) is 12.5. The molecule has 6 nitrogen and oxygen atoms in total. The lowest BCUT2D eigenvalue weighted by molar-refractivity contribution is 0.292. The standard InChI is InChI=1S/C17H14N4O2/c1-21-16(19-20-17(21)22)11-23-15-8-7-12(10-18)9-14(15)13-5-3-2-4-6-13/h2-9H,11H2,1H3,(H,20,22). The van der Waals surface area contributed by atoms with Crippen molar-refractivity contribution in [1.82, 2.24) is 14.8 Å². The lowest BCUT2D eigenvalue weighted by Gasteiger charge is -2.11. The minimum Gasteiger partial charge on any atom is -0.485 e. The highest BCUT2D eigenvalue weighted by Crippen LogP contribution is 2.31. The average molecular weight is 306 g/mol. The molecule has 1 heterocycles. The van der Waals surface area contributed by atoms with Crippen LogP contribution in [0.1, 0.15) is 11.4 Å². The van der Waals surface area contributed by atoms with Gasteiger partial charge in [0.2, 0.25) is 0 Å². The van der Waals surface area contributed by atoms with Crippen molar-refractivity contribution in [2.24, 2.45) is 7.05 Å². The summed E-state index contributed by atoms with van der Waals surface area (Å²) in [4.78, 5) is 11.4. The Morgan fingerprint density at radius 1 is 1.26 bits per heavy atom. The fraction of sp³-hybridized carbons (Fsp3) is 0.118. The second-order valence-electron chi connectivity index (χ2n) is 4.98. The maximum atomic E-state index is 11.4. The Kier molecular flexibility index (Phi) is 3.93. The molecule has 0 aliphatic heterocycles. The fourth-order valence-corrected chi connectivity index (χ4v) is 2.22. The number of rotatable bonds is 4. The summed E-state index contributed by atoms with van der Waals surface area (Å²) in [6, 6.07) is 17.1. The highest BCUT2D eigenvalue weighted by Gasteiger charge is 2.10. The van der Waals surface area contributed by atoms with Gasteiger partial charge >= 0.3 is 5.69 Å². The minimum absolute atomic E-state index is 0.154. The lowest BCUT2D eigenvalue weighted by Crippen LogP contribution is -2.15. The molecule has 0 spiro atoms. The van der Waals surface area contributed by atoms with Crippen molar-refractivity contribution in [2.45, 2.75) is 6.61 Å². The minimum atomic E-state index is -0.285. The fourth-order valence-electron chi connectivity index (χ4n) is 2.22. The molecular weight excluding hydrogens is 292 g/mol. The summed E-state index contributed by atoms with van der Waals surface area (Å²) in [6.45, 7) is 0.154. The molecule has 3 aromatic rings. The van der Waals surface area contributed by atoms with Crippen molar-refractivity contribution >= 4 is 0 Å². The van der Waals surface area contributed by atoms with Crippen LogP contribution in [-0.2, 0) is 13.7 Å². The van der Waals surface area contributed by atoms with Crippen LogP contribution in [0.25, 0.3) is 11.1 Å². The van der Waals surface area contributed by atoms with Crippen molar-refractivity contribution in [3.8, 4) is 22.9 Å². The van der Waals surface area contributed by atoms with Crippen LogP contribution in [0.15, 0.2) is 53.3 Å². The molecule has 0 saturated heterocycles. The number of H-pyrrole nitrogens is 1. The first-order valence-corrected chi connectivity index (χ1v) is 7.01. The van der Waals surface area contributed by atoms with Gasteiger partial charge in [0.05, 0.1) is 11.6 Å². The predicted octanol–water partition coefficient (Wildman–Crippen LogP) is 2.23. The van der Waals surface area contributed by atoms with E-state index in [0.717, 1.165) is 11.1 Å². The normalized spacial score (nSPS) is 10.3. The van der Waals surface area contributed by atoms with E-state index in [4.69, 9.17) is 10.00 Å². The Morgan fingerprint density at radius 3 is 2.70 bits per heavy atom. The van der Waals surface area contributed by atoms with Gasteiger partial charge in [-0.1, -0.05) is 30.3 Å². The molecule has 0 fully saturated rings. The molecule has 114 valence electrons. The smallest absolute Gasteiger partial charge is 0.343 e. The first-order chi connectivity index (χ1) is 11.2. The van der Waals surface area contributed by atoms with Crippen LogP contribution < -0.4 is 10.4 Å². The summed E-state index contributed by atoms with van der Waals surface area (Å²) in [5, 5.41) is 15.4. The van der Waals surface area contributed by atoms with Gasteiger partial charge in [-0.25, -0.2) is 9.89 Å². The number of ether oxygens (including phenoxy) is 1. The third-order valence-electron chi connectivity index (χ3n) is 3.52. The van der Waals surface area contributed by atoms with Crippen LogP contribution in [0, 0.1) is 11.3 Å². The van der Waals surface area contributed by atoms with Crippen LogP contribution in [0.2, 0.25) is 0 Å². The van der Waals surface area contributed by atoms with E-state index in [1.54, 1.807) is 25.2 Å². The topological polar surface area (TPSA) is 83.7 Å². The molecule has 0 atom stereocenters. The molecule has 0 amide bonds. The Morgan fingerprint density at radius 2 is 2.04 bits per heavy atom. The maximum Gasteiger partial charge on any atom is 0.343 e. The van der Waals surface area contributed by atoms with Crippen LogP contribution in [-0.4, -0.2) is 14.8 Å². The summed E-state index contributed by atoms with van der Waals surface area (Å²) in [6.07, 6.45) is 0. The highest BCUT2D eigenvalue weighted by atomic mass is 16.5. The monoisotopic (exact) mass is 306 g/mol. The number of aromatic nitrogens is 3. The van der Waals surface area contributed by atoms with E-state index < -0.39 is 0 Å². The van der Waals surface area contributed by atoms with Gasteiger partial charge in [-0.2, -0.15) is 10.4 Å². The van der Waals surface area contributed by atoms with Crippen molar-refractivity contribution < 1.29 is 4.74 Å². The summed E-state index contributed by atoms with van der Waals surface area (Å²) in [5.41, 5.74) is 2.05. The molecule has 2 aromatic carbocycles. The number of benzene rings is 2. The number of hydrogen-bond donors (Lipinski definition) is 1. The van der Waals surface area contributed by atoms with Gasteiger partial charge in [0.1, 0.15) is 12.4 Å². The number of nitrogens with zero attached hydrogens (tertiary/aromatic N) is 3. The van der Waals surface area contributed by atoms with Crippen LogP contribution in [0.4, 0.5) is 0 Å². The van der Waals surface area contributed by atoms with E-state index in [0.29, 0.717) is 17.1 Å². The summed E-state index contributed by atoms with van der Waals surface area (Å²) < 4.78 is 7.21. The van der Waals surface area contributed by atoms with Gasteiger partial charge in [0.25, 0.3) is 0 Å². The molecule has 0 unspecified atom stereocenters. The maximum absolute atomic E-state index is 11.4. The third-order valence-corrected chi connectivity index (χ3v) is 3.52. The van der Waals surface area contributed by atoms with E-state index in [9.17, 15) is 4.79 Å². The van der Waals surface area contributed by atoms with Crippen LogP contribution in [0.5, 0.6) is 5.75 Å². The number of hydrogen-bond acceptors (Lipinski definition) is 4. The molecule has 3 rings (SSSR count). The molecular formula is C17H14N4O2. The predicted molar refractivity (Wildman–Crippen MR) is 84.8 cm³/mol. The van der Waals surface area contributed by atoms with Crippen molar-refractivity contribution in [3.63, 3.8) is 0 Å². The number of nitrogens with one attached hydrogen (secondary N) is 1. The Labute approximate surface area is 132 Å². The van der Waals surface area contributed by atoms with Gasteiger partial charge in [-0.3, -0.25) is 4.57 Å². The molecule has 23 heavy (non-hydrogen) atoms. The Hall–Kier alpha value is -3.33. The molecule has 0 radical (unpaired) electrons. The number of aromatic amines is 1. The third kappa shape index (κ3) is 2.99. The summed E-state index contributed by atoms with van der Waals surface area (Å²) >= 11 is 0. The van der Waals surface area contributed by atoms with E-state index in [1.807, 2.05) is 30.3 Å². The van der Waals surface area contributed by atoms with Gasteiger partial charge in [0.15, 0.2) is 5.82 Å². The van der Waals surface area contributed by atoms with Crippen molar-refractivity contribution in [2.75, 3.05) is 0 Å². The van der Waals surface area contributed by atoms with Gasteiger partial charge < -0.3 is 4.74 Å². The highest BCUT2D eigenvalue weighted by molar-refractivity contribution is 5.72. The Bertz CT molecular complexity index is 920. The molecule has 1 N–H and O–H groups in total. The average Bonchev–Trinajstić information content (AvgIpc) is 2.92. The molecule has 0 saturated carbocycles. The summed E-state index contributed by atoms with van der Waals surface area (Å²) in [5.74, 6) is 1.13. The van der Waals surface area contributed by atoms with Crippen LogP contribution >= 0.6 is 0 Å². The van der Waals surface area contributed by atoms with Crippen molar-refractivity contribution in [1.29, 1.82) is 5.26 Å². The second kappa shape index (κ2) is 6.20. The summed E-state index contributed by atoms with van der Waals surface area (Å²) in [7, 11) is 1.63. The molecule has 0 aliphatic rings. The quantitative estimate of drug-likeness (QED) is 0.801. The van der Waals surface area contributed by atoms with E-state index >= 15 is 0 Å². The zero-order chi connectivity index (χ0) is 16.2. The van der Waals surface area contributed by atoms with Gasteiger partial charge in [-0.05, 0) is 23.8 Å². The molecule has 1 aromatic heterocycles. The zero-order valence-electron chi connectivity index (χ0n) is 12.5. The second-order valence-corrected chi connectivity index (χ2v) is 4.98. The van der Waals surface area contributed by atoms with E-state index in [-0.39, 0.29) is 12.3 Å². The van der Waals surface area contributed by atoms with Crippen LogP contribution in [0.3, 0.4) is 0 Å². The van der Waals surface area contributed by atoms with E-state index in [2.05, 4.69) is 16.3 Å². The van der Waals surface area contributed by atoms with Gasteiger partial charge in [0, 0.05) is 12.6 Å². The number of nitriles is 1.